The van der Waals surface area contributed by atoms with Gasteiger partial charge in [0, 0.05) is 50.4 Å². The smallest absolute Gasteiger partial charge is 0.176 e. The first kappa shape index (κ1) is 18.3. The second kappa shape index (κ2) is 8.33. The number of nitriles is 1. The van der Waals surface area contributed by atoms with Gasteiger partial charge in [0.1, 0.15) is 11.9 Å². The maximum Gasteiger partial charge on any atom is 0.176 e. The van der Waals surface area contributed by atoms with Crippen LogP contribution in [-0.2, 0) is 6.42 Å². The molecule has 142 valence electrons. The van der Waals surface area contributed by atoms with Crippen LogP contribution in [0.3, 0.4) is 0 Å². The quantitative estimate of drug-likeness (QED) is 0.653. The Hall–Kier alpha value is -3.02. The van der Waals surface area contributed by atoms with E-state index in [9.17, 15) is 5.26 Å². The fraction of sp³-hybridized carbons (Fsp3) is 0.316. The molecule has 4 rings (SSSR count). The molecule has 0 saturated carbocycles. The molecule has 0 unspecified atom stereocenters. The molecule has 3 heterocycles. The molecular formula is C19H19ClN8. The molecular weight excluding hydrogens is 376 g/mol. The summed E-state index contributed by atoms with van der Waals surface area (Å²) >= 11 is 6.02. The fourth-order valence-corrected chi connectivity index (χ4v) is 3.42. The first-order valence-corrected chi connectivity index (χ1v) is 9.48. The molecule has 28 heavy (non-hydrogen) atoms. The van der Waals surface area contributed by atoms with Gasteiger partial charge in [-0.05, 0) is 35.5 Å². The monoisotopic (exact) mass is 394 g/mol. The zero-order valence-electron chi connectivity index (χ0n) is 15.2. The largest absolute Gasteiger partial charge is 0.353 e. The molecule has 0 atom stereocenters. The Labute approximate surface area is 168 Å². The van der Waals surface area contributed by atoms with Crippen molar-refractivity contribution >= 4 is 17.4 Å². The third-order valence-electron chi connectivity index (χ3n) is 4.72. The minimum atomic E-state index is 0.623. The lowest BCUT2D eigenvalue weighted by Crippen LogP contribution is -2.47. The summed E-state index contributed by atoms with van der Waals surface area (Å²) in [7, 11) is 0. The Morgan fingerprint density at radius 2 is 1.96 bits per heavy atom. The third kappa shape index (κ3) is 4.11. The summed E-state index contributed by atoms with van der Waals surface area (Å²) in [4.78, 5) is 10.4. The zero-order valence-corrected chi connectivity index (χ0v) is 16.0. The van der Waals surface area contributed by atoms with E-state index in [0.29, 0.717) is 16.4 Å². The van der Waals surface area contributed by atoms with Gasteiger partial charge in [0.2, 0.25) is 0 Å². The molecule has 3 aromatic rings. The van der Waals surface area contributed by atoms with E-state index in [1.54, 1.807) is 18.3 Å². The van der Waals surface area contributed by atoms with E-state index in [1.165, 1.54) is 4.80 Å². The number of hydrogen-bond donors (Lipinski definition) is 0. The highest BCUT2D eigenvalue weighted by Crippen LogP contribution is 2.18. The number of nitrogens with zero attached hydrogens (tertiary/aromatic N) is 8. The van der Waals surface area contributed by atoms with Gasteiger partial charge in [-0.3, -0.25) is 4.90 Å². The Kier molecular flexibility index (Phi) is 5.46. The zero-order chi connectivity index (χ0) is 19.3. The van der Waals surface area contributed by atoms with Gasteiger partial charge in [-0.25, -0.2) is 4.98 Å². The molecule has 1 aromatic carbocycles. The average molecular weight is 395 g/mol. The highest BCUT2D eigenvalue weighted by atomic mass is 35.5. The van der Waals surface area contributed by atoms with Crippen molar-refractivity contribution in [3.63, 3.8) is 0 Å². The molecule has 0 bridgehead atoms. The predicted octanol–water partition coefficient (Wildman–Crippen LogP) is 1.95. The molecule has 9 heteroatoms. The van der Waals surface area contributed by atoms with Gasteiger partial charge >= 0.3 is 0 Å². The van der Waals surface area contributed by atoms with E-state index in [1.807, 2.05) is 24.3 Å². The molecule has 0 amide bonds. The van der Waals surface area contributed by atoms with Crippen molar-refractivity contribution in [2.24, 2.45) is 0 Å². The summed E-state index contributed by atoms with van der Waals surface area (Å²) in [5.41, 5.74) is 1.42. The number of piperazine rings is 1. The van der Waals surface area contributed by atoms with E-state index in [-0.39, 0.29) is 0 Å². The van der Waals surface area contributed by atoms with Crippen LogP contribution in [0.15, 0.2) is 42.6 Å². The first-order valence-electron chi connectivity index (χ1n) is 9.10. The second-order valence-corrected chi connectivity index (χ2v) is 6.98. The lowest BCUT2D eigenvalue weighted by Gasteiger charge is -2.35. The summed E-state index contributed by atoms with van der Waals surface area (Å²) in [5, 5.41) is 22.6. The van der Waals surface area contributed by atoms with E-state index < -0.39 is 0 Å². The third-order valence-corrected chi connectivity index (χ3v) is 4.96. The van der Waals surface area contributed by atoms with Crippen molar-refractivity contribution in [3.8, 4) is 11.8 Å². The summed E-state index contributed by atoms with van der Waals surface area (Å²) in [6.07, 6.45) is 2.46. The molecule has 1 saturated heterocycles. The molecule has 0 spiro atoms. The number of anilines is 1. The van der Waals surface area contributed by atoms with Gasteiger partial charge in [0.25, 0.3) is 0 Å². The van der Waals surface area contributed by atoms with Crippen LogP contribution in [0.4, 0.5) is 5.82 Å². The van der Waals surface area contributed by atoms with E-state index in [0.717, 1.165) is 50.6 Å². The number of benzene rings is 1. The molecule has 0 radical (unpaired) electrons. The number of pyridine rings is 1. The molecule has 2 aromatic heterocycles. The summed E-state index contributed by atoms with van der Waals surface area (Å²) in [5.74, 6) is 1.48. The normalized spacial score (nSPS) is 14.8. The lowest BCUT2D eigenvalue weighted by atomic mass is 10.2. The Morgan fingerprint density at radius 3 is 2.75 bits per heavy atom. The Balaban J connectivity index is 1.31. The molecule has 0 aliphatic carbocycles. The van der Waals surface area contributed by atoms with E-state index in [2.05, 4.69) is 36.3 Å². The molecule has 1 fully saturated rings. The number of rotatable bonds is 5. The van der Waals surface area contributed by atoms with Crippen molar-refractivity contribution in [1.29, 1.82) is 5.26 Å². The van der Waals surface area contributed by atoms with Gasteiger partial charge in [0.15, 0.2) is 5.82 Å². The van der Waals surface area contributed by atoms with E-state index >= 15 is 0 Å². The highest BCUT2D eigenvalue weighted by molar-refractivity contribution is 6.30. The minimum Gasteiger partial charge on any atom is -0.353 e. The van der Waals surface area contributed by atoms with Crippen LogP contribution >= 0.6 is 11.6 Å². The number of tetrazole rings is 1. The van der Waals surface area contributed by atoms with Crippen molar-refractivity contribution in [2.45, 2.75) is 6.42 Å². The lowest BCUT2D eigenvalue weighted by molar-refractivity contribution is 0.259. The maximum atomic E-state index is 9.25. The van der Waals surface area contributed by atoms with Gasteiger partial charge in [-0.15, -0.1) is 15.0 Å². The second-order valence-electron chi connectivity index (χ2n) is 6.54. The first-order chi connectivity index (χ1) is 13.7. The van der Waals surface area contributed by atoms with E-state index in [4.69, 9.17) is 11.6 Å². The van der Waals surface area contributed by atoms with Crippen molar-refractivity contribution < 1.29 is 0 Å². The fourth-order valence-electron chi connectivity index (χ4n) is 3.23. The molecule has 1 aliphatic heterocycles. The van der Waals surface area contributed by atoms with Gasteiger partial charge < -0.3 is 4.90 Å². The Bertz CT molecular complexity index is 987. The highest BCUT2D eigenvalue weighted by Gasteiger charge is 2.20. The number of hydrogen-bond acceptors (Lipinski definition) is 7. The summed E-state index contributed by atoms with van der Waals surface area (Å²) in [6.45, 7) is 4.36. The van der Waals surface area contributed by atoms with Gasteiger partial charge in [-0.1, -0.05) is 17.7 Å². The van der Waals surface area contributed by atoms with Gasteiger partial charge in [-0.2, -0.15) is 5.26 Å². The van der Waals surface area contributed by atoms with Crippen LogP contribution in [0, 0.1) is 11.3 Å². The Morgan fingerprint density at radius 1 is 1.11 bits per heavy atom. The van der Waals surface area contributed by atoms with Crippen LogP contribution < -0.4 is 4.90 Å². The molecule has 0 N–H and O–H groups in total. The maximum absolute atomic E-state index is 9.25. The summed E-state index contributed by atoms with van der Waals surface area (Å²) < 4.78 is 0. The molecule has 8 nitrogen and oxygen atoms in total. The molecule has 1 aliphatic rings. The van der Waals surface area contributed by atoms with Crippen molar-refractivity contribution in [1.82, 2.24) is 30.1 Å². The topological polar surface area (TPSA) is 86.8 Å². The van der Waals surface area contributed by atoms with Gasteiger partial charge in [0.05, 0.1) is 11.3 Å². The number of halogens is 1. The standard InChI is InChI=1S/C19H19ClN8/c20-16-4-1-5-17(13-16)28-24-18(23-25-28)6-8-26-9-11-27(12-10-26)19-15(14-21)3-2-7-22-19/h1-5,7,13H,6,8-12H2. The van der Waals surface area contributed by atoms with Crippen molar-refractivity contribution in [2.75, 3.05) is 37.6 Å². The predicted molar refractivity (Wildman–Crippen MR) is 105 cm³/mol. The van der Waals surface area contributed by atoms with Crippen molar-refractivity contribution in [3.05, 3.63) is 59.0 Å². The van der Waals surface area contributed by atoms with Crippen LogP contribution in [-0.4, -0.2) is 62.8 Å². The number of aromatic nitrogens is 5. The van der Waals surface area contributed by atoms with Crippen LogP contribution in [0.5, 0.6) is 0 Å². The summed E-state index contributed by atoms with van der Waals surface area (Å²) in [6, 6.07) is 13.2. The SMILES string of the molecule is N#Cc1cccnc1N1CCN(CCc2nnn(-c3cccc(Cl)c3)n2)CC1. The van der Waals surface area contributed by atoms with Crippen LogP contribution in [0.25, 0.3) is 5.69 Å². The minimum absolute atomic E-state index is 0.623. The average Bonchev–Trinajstić information content (AvgIpc) is 3.22. The van der Waals surface area contributed by atoms with Crippen LogP contribution in [0.2, 0.25) is 5.02 Å². The van der Waals surface area contributed by atoms with Crippen LogP contribution in [0.1, 0.15) is 11.4 Å².